The summed E-state index contributed by atoms with van der Waals surface area (Å²) >= 11 is 0. The molecule has 7 heteroatoms. The van der Waals surface area contributed by atoms with Gasteiger partial charge >= 0.3 is 0 Å². The molecule has 1 saturated heterocycles. The first-order valence-electron chi connectivity index (χ1n) is 11.7. The summed E-state index contributed by atoms with van der Waals surface area (Å²) in [4.78, 5) is 21.6. The van der Waals surface area contributed by atoms with E-state index in [9.17, 15) is 4.79 Å². The molecule has 4 rings (SSSR count). The molecule has 1 aliphatic carbocycles. The largest absolute Gasteiger partial charge is 0.459 e. The van der Waals surface area contributed by atoms with E-state index in [4.69, 9.17) is 9.41 Å². The summed E-state index contributed by atoms with van der Waals surface area (Å²) < 4.78 is 5.98. The highest BCUT2D eigenvalue weighted by Gasteiger charge is 2.31. The molecule has 0 radical (unpaired) electrons. The number of nitrogens with zero attached hydrogens (tertiary/aromatic N) is 3. The van der Waals surface area contributed by atoms with Crippen molar-refractivity contribution in [2.45, 2.75) is 39.7 Å². The molecular weight excluding hydrogens is 390 g/mol. The molecule has 0 unspecified atom stereocenters. The summed E-state index contributed by atoms with van der Waals surface area (Å²) in [6, 6.07) is 8.11. The Morgan fingerprint density at radius 3 is 2.61 bits per heavy atom. The van der Waals surface area contributed by atoms with Crippen molar-refractivity contribution in [3.05, 3.63) is 35.6 Å². The Kier molecular flexibility index (Phi) is 7.12. The van der Waals surface area contributed by atoms with E-state index < -0.39 is 0 Å². The van der Waals surface area contributed by atoms with Crippen LogP contribution in [0.25, 0.3) is 11.0 Å². The maximum atomic E-state index is 12.4. The third kappa shape index (κ3) is 5.21. The van der Waals surface area contributed by atoms with Crippen LogP contribution in [0.15, 0.2) is 33.7 Å². The molecule has 1 saturated carbocycles. The Balaban J connectivity index is 1.24. The fourth-order valence-corrected chi connectivity index (χ4v) is 4.31. The number of furan rings is 1. The maximum absolute atomic E-state index is 12.4. The van der Waals surface area contributed by atoms with Crippen molar-refractivity contribution in [3.8, 4) is 0 Å². The number of guanidine groups is 1. The van der Waals surface area contributed by atoms with Crippen LogP contribution < -0.4 is 10.6 Å². The third-order valence-corrected chi connectivity index (χ3v) is 6.53. The summed E-state index contributed by atoms with van der Waals surface area (Å²) in [7, 11) is 0. The minimum absolute atomic E-state index is 0.308. The van der Waals surface area contributed by atoms with Gasteiger partial charge in [-0.1, -0.05) is 24.6 Å². The number of piperazine rings is 1. The first-order valence-corrected chi connectivity index (χ1v) is 11.7. The van der Waals surface area contributed by atoms with Gasteiger partial charge in [-0.25, -0.2) is 4.99 Å². The molecule has 31 heavy (non-hydrogen) atoms. The number of nitrogens with one attached hydrogen (secondary N) is 2. The van der Waals surface area contributed by atoms with E-state index in [0.717, 1.165) is 86.9 Å². The Labute approximate surface area is 184 Å². The van der Waals surface area contributed by atoms with E-state index in [1.54, 1.807) is 0 Å². The van der Waals surface area contributed by atoms with Gasteiger partial charge in [0.25, 0.3) is 0 Å². The topological polar surface area (TPSA) is 73.1 Å². The van der Waals surface area contributed by atoms with Gasteiger partial charge < -0.3 is 20.0 Å². The van der Waals surface area contributed by atoms with Crippen molar-refractivity contribution in [3.63, 3.8) is 0 Å². The van der Waals surface area contributed by atoms with Crippen LogP contribution in [0.4, 0.5) is 0 Å². The molecule has 0 atom stereocenters. The third-order valence-electron chi connectivity index (χ3n) is 6.53. The second-order valence-electron chi connectivity index (χ2n) is 8.56. The summed E-state index contributed by atoms with van der Waals surface area (Å²) in [5.74, 6) is 2.40. The average Bonchev–Trinajstić information content (AvgIpc) is 3.07. The van der Waals surface area contributed by atoms with Gasteiger partial charge in [0.15, 0.2) is 5.96 Å². The molecule has 1 aromatic heterocycles. The predicted molar refractivity (Wildman–Crippen MR) is 124 cm³/mol. The SMILES string of the molecule is CCNC(=NCc1oc2ccccc2c1C)NCCN1CCN(C(=O)C2CCC2)CC1. The number of para-hydroxylation sites is 1. The van der Waals surface area contributed by atoms with Crippen LogP contribution in [0.3, 0.4) is 0 Å². The average molecular weight is 426 g/mol. The lowest BCUT2D eigenvalue weighted by molar-refractivity contribution is -0.139. The molecule has 1 aliphatic heterocycles. The molecule has 1 aromatic carbocycles. The first kappa shape index (κ1) is 21.7. The van der Waals surface area contributed by atoms with Crippen LogP contribution in [-0.4, -0.2) is 67.5 Å². The normalized spacial score (nSPS) is 18.3. The van der Waals surface area contributed by atoms with E-state index in [2.05, 4.69) is 40.3 Å². The van der Waals surface area contributed by atoms with E-state index in [0.29, 0.717) is 18.4 Å². The van der Waals surface area contributed by atoms with Crippen LogP contribution in [0.5, 0.6) is 0 Å². The van der Waals surface area contributed by atoms with E-state index in [-0.39, 0.29) is 0 Å². The summed E-state index contributed by atoms with van der Waals surface area (Å²) in [5, 5.41) is 7.91. The van der Waals surface area contributed by atoms with Gasteiger partial charge in [-0.3, -0.25) is 9.69 Å². The fraction of sp³-hybridized carbons (Fsp3) is 0.583. The number of hydrogen-bond donors (Lipinski definition) is 2. The monoisotopic (exact) mass is 425 g/mol. The molecule has 2 N–H and O–H groups in total. The zero-order chi connectivity index (χ0) is 21.6. The smallest absolute Gasteiger partial charge is 0.225 e. The lowest BCUT2D eigenvalue weighted by Crippen LogP contribution is -2.52. The number of hydrogen-bond acceptors (Lipinski definition) is 4. The molecule has 2 aromatic rings. The van der Waals surface area contributed by atoms with Gasteiger partial charge in [-0.15, -0.1) is 0 Å². The number of benzene rings is 1. The number of aliphatic imine (C=N–C) groups is 1. The lowest BCUT2D eigenvalue weighted by Gasteiger charge is -2.38. The molecule has 0 spiro atoms. The van der Waals surface area contributed by atoms with Gasteiger partial charge in [-0.05, 0) is 32.8 Å². The van der Waals surface area contributed by atoms with Crippen molar-refractivity contribution in [1.82, 2.24) is 20.4 Å². The predicted octanol–water partition coefficient (Wildman–Crippen LogP) is 2.74. The number of rotatable bonds is 7. The summed E-state index contributed by atoms with van der Waals surface area (Å²) in [5.41, 5.74) is 2.07. The first-order chi connectivity index (χ1) is 15.2. The molecule has 2 heterocycles. The van der Waals surface area contributed by atoms with Crippen molar-refractivity contribution < 1.29 is 9.21 Å². The Hall–Kier alpha value is -2.54. The van der Waals surface area contributed by atoms with E-state index in [1.807, 2.05) is 18.2 Å². The Morgan fingerprint density at radius 2 is 1.94 bits per heavy atom. The molecule has 2 aliphatic rings. The second kappa shape index (κ2) is 10.2. The number of amides is 1. The highest BCUT2D eigenvalue weighted by Crippen LogP contribution is 2.28. The quantitative estimate of drug-likeness (QED) is 0.527. The maximum Gasteiger partial charge on any atom is 0.225 e. The molecule has 168 valence electrons. The van der Waals surface area contributed by atoms with E-state index >= 15 is 0 Å². The number of aryl methyl sites for hydroxylation is 1. The minimum Gasteiger partial charge on any atom is -0.459 e. The van der Waals surface area contributed by atoms with Crippen molar-refractivity contribution in [1.29, 1.82) is 0 Å². The fourth-order valence-electron chi connectivity index (χ4n) is 4.31. The van der Waals surface area contributed by atoms with Gasteiger partial charge in [0, 0.05) is 62.7 Å². The second-order valence-corrected chi connectivity index (χ2v) is 8.56. The number of fused-ring (bicyclic) bond motifs is 1. The Bertz CT molecular complexity index is 910. The van der Waals surface area contributed by atoms with Crippen LogP contribution in [0.1, 0.15) is 37.5 Å². The lowest BCUT2D eigenvalue weighted by atomic mass is 9.84. The van der Waals surface area contributed by atoms with Crippen LogP contribution in [0.2, 0.25) is 0 Å². The number of carbonyl (C=O) groups is 1. The standard InChI is InChI=1S/C24H35N5O2/c1-3-25-24(27-17-22-18(2)20-9-4-5-10-21(20)31-22)26-11-12-28-13-15-29(16-14-28)23(30)19-7-6-8-19/h4-5,9-10,19H,3,6-8,11-17H2,1-2H3,(H2,25,26,27). The Morgan fingerprint density at radius 1 is 1.16 bits per heavy atom. The van der Waals surface area contributed by atoms with Crippen molar-refractivity contribution >= 4 is 22.8 Å². The number of carbonyl (C=O) groups excluding carboxylic acids is 1. The van der Waals surface area contributed by atoms with Gasteiger partial charge in [-0.2, -0.15) is 0 Å². The summed E-state index contributed by atoms with van der Waals surface area (Å²) in [6.07, 6.45) is 3.39. The van der Waals surface area contributed by atoms with Gasteiger partial charge in [0.2, 0.25) is 5.91 Å². The van der Waals surface area contributed by atoms with Crippen LogP contribution in [0, 0.1) is 12.8 Å². The van der Waals surface area contributed by atoms with E-state index in [1.165, 1.54) is 6.42 Å². The highest BCUT2D eigenvalue weighted by molar-refractivity contribution is 5.82. The molecule has 1 amide bonds. The van der Waals surface area contributed by atoms with Gasteiger partial charge in [0.1, 0.15) is 17.9 Å². The van der Waals surface area contributed by atoms with Crippen molar-refractivity contribution in [2.75, 3.05) is 45.8 Å². The summed E-state index contributed by atoms with van der Waals surface area (Å²) in [6.45, 7) is 10.9. The zero-order valence-corrected chi connectivity index (χ0v) is 18.8. The van der Waals surface area contributed by atoms with Crippen LogP contribution >= 0.6 is 0 Å². The molecule has 0 bridgehead atoms. The van der Waals surface area contributed by atoms with Crippen molar-refractivity contribution in [2.24, 2.45) is 10.9 Å². The molecule has 7 nitrogen and oxygen atoms in total. The van der Waals surface area contributed by atoms with Gasteiger partial charge in [0.05, 0.1) is 0 Å². The zero-order valence-electron chi connectivity index (χ0n) is 18.8. The highest BCUT2D eigenvalue weighted by atomic mass is 16.3. The van der Waals surface area contributed by atoms with Crippen LogP contribution in [-0.2, 0) is 11.3 Å². The molecular formula is C24H35N5O2. The minimum atomic E-state index is 0.308. The molecule has 2 fully saturated rings.